The number of nitrogens with one attached hydrogen (secondary N) is 2. The molecule has 2 rings (SSSR count). The summed E-state index contributed by atoms with van der Waals surface area (Å²) in [4.78, 5) is 15.8. The van der Waals surface area contributed by atoms with Crippen molar-refractivity contribution in [3.8, 4) is 0 Å². The van der Waals surface area contributed by atoms with E-state index in [0.717, 1.165) is 18.3 Å². The van der Waals surface area contributed by atoms with E-state index in [-0.39, 0.29) is 16.9 Å². The predicted molar refractivity (Wildman–Crippen MR) is 72.8 cm³/mol. The number of hydrogen-bond acceptors (Lipinski definition) is 3. The topological polar surface area (TPSA) is 54.0 Å². The molecule has 0 unspecified atom stereocenters. The maximum atomic E-state index is 13.8. The first-order valence-corrected chi connectivity index (χ1v) is 6.03. The third-order valence-corrected chi connectivity index (χ3v) is 2.86. The van der Waals surface area contributed by atoms with Crippen molar-refractivity contribution in [1.82, 2.24) is 4.98 Å². The van der Waals surface area contributed by atoms with Gasteiger partial charge < -0.3 is 10.6 Å². The molecule has 0 radical (unpaired) electrons. The minimum Gasteiger partial charge on any atom is -0.372 e. The van der Waals surface area contributed by atoms with Gasteiger partial charge in [0.25, 0.3) is 5.91 Å². The summed E-state index contributed by atoms with van der Waals surface area (Å²) in [5.74, 6) is -3.29. The Balaban J connectivity index is 2.39. The number of carbonyl (C=O) groups is 1. The molecule has 1 aromatic heterocycles. The van der Waals surface area contributed by atoms with E-state index in [9.17, 15) is 18.0 Å². The van der Waals surface area contributed by atoms with Crippen molar-refractivity contribution in [2.45, 2.75) is 6.92 Å². The van der Waals surface area contributed by atoms with Crippen molar-refractivity contribution in [1.29, 1.82) is 0 Å². The number of nitrogens with zero attached hydrogens (tertiary/aromatic N) is 1. The number of rotatable bonds is 3. The molecule has 0 spiro atoms. The Morgan fingerprint density at radius 1 is 1.24 bits per heavy atom. The maximum Gasteiger partial charge on any atom is 0.259 e. The second-order valence-corrected chi connectivity index (χ2v) is 4.31. The highest BCUT2D eigenvalue weighted by Crippen LogP contribution is 2.23. The average Bonchev–Trinajstić information content (AvgIpc) is 2.47. The second kappa shape index (κ2) is 5.82. The number of hydrogen-bond donors (Lipinski definition) is 2. The minimum atomic E-state index is -0.915. The maximum absolute atomic E-state index is 13.8. The lowest BCUT2D eigenvalue weighted by molar-refractivity contribution is 0.102. The van der Waals surface area contributed by atoms with Crippen LogP contribution in [0.5, 0.6) is 0 Å². The second-order valence-electron chi connectivity index (χ2n) is 4.31. The Morgan fingerprint density at radius 2 is 1.95 bits per heavy atom. The molecule has 110 valence electrons. The van der Waals surface area contributed by atoms with Gasteiger partial charge in [-0.25, -0.2) is 18.2 Å². The van der Waals surface area contributed by atoms with Crippen molar-refractivity contribution in [2.24, 2.45) is 0 Å². The van der Waals surface area contributed by atoms with Crippen LogP contribution in [-0.2, 0) is 0 Å². The normalized spacial score (nSPS) is 10.3. The Hall–Kier alpha value is -2.57. The van der Waals surface area contributed by atoms with Crippen LogP contribution in [0.25, 0.3) is 0 Å². The number of carbonyl (C=O) groups excluding carboxylic acids is 1. The molecule has 0 aliphatic heterocycles. The lowest BCUT2D eigenvalue weighted by Gasteiger charge is -2.11. The zero-order valence-electron chi connectivity index (χ0n) is 11.3. The molecule has 0 atom stereocenters. The van der Waals surface area contributed by atoms with Gasteiger partial charge in [0.2, 0.25) is 0 Å². The molecular formula is C14H12F3N3O. The molecule has 0 bridgehead atoms. The van der Waals surface area contributed by atoms with Crippen LogP contribution in [0.1, 0.15) is 15.9 Å². The summed E-state index contributed by atoms with van der Waals surface area (Å²) in [5, 5.41) is 4.71. The summed E-state index contributed by atoms with van der Waals surface area (Å²) < 4.78 is 40.6. The first-order valence-electron chi connectivity index (χ1n) is 6.03. The summed E-state index contributed by atoms with van der Waals surface area (Å²) in [5.41, 5.74) is -0.554. The van der Waals surface area contributed by atoms with E-state index in [1.165, 1.54) is 20.0 Å². The standard InChI is InChI=1S/C14H12F3N3O/c1-7-3-4-10(16)12(11(7)17)20-14(21)9-5-8(15)6-19-13(9)18-2/h3-6H,1-2H3,(H,18,19)(H,20,21). The van der Waals surface area contributed by atoms with Gasteiger partial charge in [0.1, 0.15) is 23.1 Å². The van der Waals surface area contributed by atoms with Gasteiger partial charge in [-0.3, -0.25) is 4.79 Å². The van der Waals surface area contributed by atoms with Crippen molar-refractivity contribution >= 4 is 17.4 Å². The van der Waals surface area contributed by atoms with E-state index in [4.69, 9.17) is 0 Å². The van der Waals surface area contributed by atoms with Crippen LogP contribution in [0.15, 0.2) is 24.4 Å². The fraction of sp³-hybridized carbons (Fsp3) is 0.143. The van der Waals surface area contributed by atoms with Gasteiger partial charge in [0, 0.05) is 7.05 Å². The number of aromatic nitrogens is 1. The van der Waals surface area contributed by atoms with Crippen LogP contribution in [-0.4, -0.2) is 17.9 Å². The van der Waals surface area contributed by atoms with Gasteiger partial charge in [-0.15, -0.1) is 0 Å². The van der Waals surface area contributed by atoms with Crippen LogP contribution in [0.2, 0.25) is 0 Å². The lowest BCUT2D eigenvalue weighted by Crippen LogP contribution is -2.17. The first kappa shape index (κ1) is 14.8. The Kier molecular flexibility index (Phi) is 4.11. The smallest absolute Gasteiger partial charge is 0.259 e. The molecule has 0 saturated carbocycles. The van der Waals surface area contributed by atoms with Crippen molar-refractivity contribution < 1.29 is 18.0 Å². The van der Waals surface area contributed by atoms with E-state index in [2.05, 4.69) is 15.6 Å². The zero-order valence-corrected chi connectivity index (χ0v) is 11.3. The lowest BCUT2D eigenvalue weighted by atomic mass is 10.1. The van der Waals surface area contributed by atoms with Crippen LogP contribution in [0.4, 0.5) is 24.7 Å². The molecule has 0 aliphatic carbocycles. The van der Waals surface area contributed by atoms with Crippen LogP contribution >= 0.6 is 0 Å². The van der Waals surface area contributed by atoms with Crippen LogP contribution in [0.3, 0.4) is 0 Å². The van der Waals surface area contributed by atoms with Gasteiger partial charge in [0.15, 0.2) is 5.82 Å². The molecule has 1 aromatic carbocycles. The van der Waals surface area contributed by atoms with Crippen molar-refractivity contribution in [3.05, 3.63) is 53.0 Å². The van der Waals surface area contributed by atoms with E-state index in [1.807, 2.05) is 0 Å². The largest absolute Gasteiger partial charge is 0.372 e. The van der Waals surface area contributed by atoms with E-state index < -0.39 is 29.0 Å². The molecular weight excluding hydrogens is 283 g/mol. The SMILES string of the molecule is CNc1ncc(F)cc1C(=O)Nc1c(F)ccc(C)c1F. The molecule has 1 amide bonds. The van der Waals surface area contributed by atoms with E-state index in [0.29, 0.717) is 0 Å². The number of pyridine rings is 1. The summed E-state index contributed by atoms with van der Waals surface area (Å²) >= 11 is 0. The predicted octanol–water partition coefficient (Wildman–Crippen LogP) is 3.10. The van der Waals surface area contributed by atoms with Gasteiger partial charge in [-0.05, 0) is 24.6 Å². The van der Waals surface area contributed by atoms with Crippen LogP contribution < -0.4 is 10.6 Å². The summed E-state index contributed by atoms with van der Waals surface area (Å²) in [6.45, 7) is 1.44. The Labute approximate surface area is 119 Å². The van der Waals surface area contributed by atoms with E-state index in [1.54, 1.807) is 0 Å². The number of aryl methyl sites for hydroxylation is 1. The summed E-state index contributed by atoms with van der Waals surface area (Å²) in [7, 11) is 1.49. The van der Waals surface area contributed by atoms with Crippen LogP contribution in [0, 0.1) is 24.4 Å². The molecule has 2 aromatic rings. The van der Waals surface area contributed by atoms with Crippen molar-refractivity contribution in [2.75, 3.05) is 17.7 Å². The molecule has 1 heterocycles. The first-order chi connectivity index (χ1) is 9.93. The molecule has 0 saturated heterocycles. The van der Waals surface area contributed by atoms with Gasteiger partial charge >= 0.3 is 0 Å². The minimum absolute atomic E-state index is 0.0994. The molecule has 21 heavy (non-hydrogen) atoms. The highest BCUT2D eigenvalue weighted by Gasteiger charge is 2.18. The molecule has 7 heteroatoms. The third kappa shape index (κ3) is 2.96. The molecule has 4 nitrogen and oxygen atoms in total. The van der Waals surface area contributed by atoms with E-state index >= 15 is 0 Å². The highest BCUT2D eigenvalue weighted by atomic mass is 19.1. The van der Waals surface area contributed by atoms with Gasteiger partial charge in [-0.2, -0.15) is 0 Å². The Morgan fingerprint density at radius 3 is 2.62 bits per heavy atom. The number of anilines is 2. The van der Waals surface area contributed by atoms with Crippen molar-refractivity contribution in [3.63, 3.8) is 0 Å². The summed E-state index contributed by atoms with van der Waals surface area (Å²) in [6, 6.07) is 3.22. The number of halogens is 3. The number of benzene rings is 1. The Bertz CT molecular complexity index is 704. The monoisotopic (exact) mass is 295 g/mol. The molecule has 0 fully saturated rings. The quantitative estimate of drug-likeness (QED) is 0.915. The highest BCUT2D eigenvalue weighted by molar-refractivity contribution is 6.07. The third-order valence-electron chi connectivity index (χ3n) is 2.86. The fourth-order valence-corrected chi connectivity index (χ4v) is 1.76. The summed E-state index contributed by atoms with van der Waals surface area (Å²) in [6.07, 6.45) is 0.927. The fourth-order valence-electron chi connectivity index (χ4n) is 1.76. The van der Waals surface area contributed by atoms with Gasteiger partial charge in [0.05, 0.1) is 11.8 Å². The number of amides is 1. The molecule has 0 aliphatic rings. The molecule has 2 N–H and O–H groups in total. The average molecular weight is 295 g/mol. The van der Waals surface area contributed by atoms with Gasteiger partial charge in [-0.1, -0.05) is 6.07 Å². The zero-order chi connectivity index (χ0) is 15.6.